The molecule has 0 aliphatic rings. The summed E-state index contributed by atoms with van der Waals surface area (Å²) in [6, 6.07) is -0.120. The molecule has 0 fully saturated rings. The number of ketones is 7. The van der Waals surface area contributed by atoms with Crippen LogP contribution in [-0.2, 0) is 47.9 Å². The Bertz CT molecular complexity index is 2580. The number of rotatable bonds is 16. The first-order valence-electron chi connectivity index (χ1n) is 39.5. The van der Waals surface area contributed by atoms with Crippen molar-refractivity contribution in [3.8, 4) is 0 Å². The molecule has 6 unspecified atom stereocenters. The molecule has 16 nitrogen and oxygen atoms in total. The van der Waals surface area contributed by atoms with E-state index in [1.807, 2.05) is 282 Å². The third-order valence-corrected chi connectivity index (χ3v) is 16.7. The summed E-state index contributed by atoms with van der Waals surface area (Å²) in [5, 5.41) is 12.5. The quantitative estimate of drug-likeness (QED) is 0.105. The summed E-state index contributed by atoms with van der Waals surface area (Å²) in [4.78, 5) is 109. The van der Waals surface area contributed by atoms with Crippen molar-refractivity contribution in [3.63, 3.8) is 0 Å². The van der Waals surface area contributed by atoms with E-state index in [1.165, 1.54) is 6.92 Å². The smallest absolute Gasteiger partial charge is 0.311 e. The Labute approximate surface area is 664 Å². The lowest BCUT2D eigenvalue weighted by atomic mass is 9.76. The molecule has 0 aromatic heterocycles. The highest BCUT2D eigenvalue weighted by Gasteiger charge is 2.38. The minimum Gasteiger partial charge on any atom is -0.465 e. The van der Waals surface area contributed by atoms with Crippen LogP contribution in [0.25, 0.3) is 0 Å². The summed E-state index contributed by atoms with van der Waals surface area (Å²) in [5.41, 5.74) is 9.58. The minimum absolute atomic E-state index is 0.000324. The monoisotopic (exact) mass is 1520 g/mol. The Hall–Kier alpha value is -3.57. The minimum atomic E-state index is -0.819. The molecule has 6 N–H and O–H groups in total. The highest BCUT2D eigenvalue weighted by atomic mass is 16.5. The van der Waals surface area contributed by atoms with Gasteiger partial charge in [-0.15, -0.1) is 0 Å². The molecule has 0 aliphatic heterocycles. The van der Waals surface area contributed by atoms with E-state index in [9.17, 15) is 48.3 Å². The molecule has 0 radical (unpaired) electrons. The highest BCUT2D eigenvalue weighted by molar-refractivity contribution is 5.90. The van der Waals surface area contributed by atoms with E-state index < -0.39 is 11.5 Å². The van der Waals surface area contributed by atoms with Crippen molar-refractivity contribution in [2.24, 2.45) is 98.1 Å². The molecule has 0 heterocycles. The SMILES string of the molecule is CC(=O)NC(CC(=O)C(C)(C)C)C(C)(C)C.CC(C)(C)C(=O)C(C)(C)C.CC(C)(C)C(=O)CC(N)C(C)(C)C.CC(C)(C)CC(N)C(=O)C(C)(C)C.CC(C)(C)CC(O)C(=O)C(C)(C)C.CC(C)(C)COC(=O)C(C)(C)C.CN(C)C(CC(=O)C(C)(C)C)C(C)(C)C.CN(C)C(CC(C)(C)C)C(=O)C(C)(C)C. The average Bonchev–Trinajstić information content (AvgIpc) is 0.857. The van der Waals surface area contributed by atoms with Crippen LogP contribution in [0.2, 0.25) is 0 Å². The lowest BCUT2D eigenvalue weighted by Crippen LogP contribution is -2.45. The fourth-order valence-electron chi connectivity index (χ4n) is 9.56. The molecule has 640 valence electrons. The second-order valence-corrected chi connectivity index (χ2v) is 48.0. The Kier molecular flexibility index (Phi) is 50.5. The van der Waals surface area contributed by atoms with Gasteiger partial charge < -0.3 is 31.5 Å². The summed E-state index contributed by atoms with van der Waals surface area (Å²) in [6.45, 7) is 97.9. The number of hydrogen-bond acceptors (Lipinski definition) is 15. The maximum atomic E-state index is 12.2. The molecule has 0 saturated carbocycles. The van der Waals surface area contributed by atoms with Gasteiger partial charge in [0.25, 0.3) is 0 Å². The number of nitrogens with two attached hydrogens (primary N) is 2. The summed E-state index contributed by atoms with van der Waals surface area (Å²) in [5.74, 6) is 1.30. The van der Waals surface area contributed by atoms with Gasteiger partial charge in [0.1, 0.15) is 29.2 Å². The maximum absolute atomic E-state index is 12.2. The molecule has 107 heavy (non-hydrogen) atoms. The van der Waals surface area contributed by atoms with E-state index in [4.69, 9.17) is 16.2 Å². The van der Waals surface area contributed by atoms with Crippen LogP contribution in [-0.4, -0.2) is 138 Å². The molecule has 16 heteroatoms. The zero-order valence-electron chi connectivity index (χ0n) is 81.0. The van der Waals surface area contributed by atoms with Crippen molar-refractivity contribution in [1.82, 2.24) is 15.1 Å². The van der Waals surface area contributed by atoms with Crippen molar-refractivity contribution in [2.75, 3.05) is 34.8 Å². The molecule has 6 atom stereocenters. The van der Waals surface area contributed by atoms with Crippen LogP contribution in [0, 0.1) is 86.6 Å². The van der Waals surface area contributed by atoms with Gasteiger partial charge in [-0.25, -0.2) is 0 Å². The highest BCUT2D eigenvalue weighted by Crippen LogP contribution is 2.34. The molecule has 0 bridgehead atoms. The standard InChI is InChI=1S/C13H25NO2.2C13H27NO.2C11H23NO.C11H22O2.C10H20O2.C9H18O/c1-9(15)14-10(12(2,3)4)8-11(16)13(5,6)7;1-12(2,3)9-10(14(7)8)11(15)13(4,5)6;1-12(2,3)10(14(7)8)9-11(15)13(4,5)6;1-10(2,3)7-8(12)9(13)11(4,5)6;1-10(2,3)8(12)7-9(13)11(4,5)6;1-10(2,3)7-8(12)9(13)11(4,5)6;1-9(2,3)7-12-8(11)10(4,5)6;1-8(2,3)7(10)9(4,5)6/h10H,8H2,1-7H3,(H,14,15);2*10H,9H2,1-8H3;2*8H,7,12H2,1-6H3;8,12H,7H2,1-6H3;7H2,1-6H3;1-6H3. The molecular weight excluding hydrogens is 1340 g/mol. The van der Waals surface area contributed by atoms with Gasteiger partial charge in [0, 0.05) is 87.6 Å². The number of Topliss-reactive ketones (excluding diaryl/α,β-unsaturated/α-hetero) is 7. The number of nitrogens with zero attached hydrogens (tertiary/aromatic N) is 2. The van der Waals surface area contributed by atoms with E-state index >= 15 is 0 Å². The van der Waals surface area contributed by atoms with Crippen molar-refractivity contribution in [2.45, 2.75) is 414 Å². The number of esters is 1. The second kappa shape index (κ2) is 45.4. The van der Waals surface area contributed by atoms with Crippen LogP contribution in [0.4, 0.5) is 0 Å². The van der Waals surface area contributed by atoms with Crippen LogP contribution in [0.1, 0.15) is 378 Å². The number of likely N-dealkylation sites (N-methyl/N-ethyl adjacent to an activating group) is 1. The van der Waals surface area contributed by atoms with Gasteiger partial charge in [0.05, 0.1) is 24.1 Å². The average molecular weight is 1530 g/mol. The van der Waals surface area contributed by atoms with Crippen molar-refractivity contribution in [1.29, 1.82) is 0 Å². The van der Waals surface area contributed by atoms with Crippen LogP contribution < -0.4 is 16.8 Å². The Morgan fingerprint density at radius 2 is 0.654 bits per heavy atom. The molecule has 0 aromatic carbocycles. The van der Waals surface area contributed by atoms with E-state index in [-0.39, 0.29) is 140 Å². The van der Waals surface area contributed by atoms with Crippen molar-refractivity contribution < 1.29 is 53.0 Å². The lowest BCUT2D eigenvalue weighted by molar-refractivity contribution is -0.155. The zero-order chi connectivity index (χ0) is 89.2. The number of ether oxygens (including phenoxy) is 1. The number of nitrogens with one attached hydrogen (secondary N) is 1. The van der Waals surface area contributed by atoms with Gasteiger partial charge >= 0.3 is 5.97 Å². The number of aliphatic hydroxyl groups is 1. The molecule has 0 rings (SSSR count). The fraction of sp³-hybridized carbons (Fsp3) is 0.901. The predicted octanol–water partition coefficient (Wildman–Crippen LogP) is 20.9. The fourth-order valence-corrected chi connectivity index (χ4v) is 9.56. The molecule has 0 saturated heterocycles. The van der Waals surface area contributed by atoms with Crippen LogP contribution in [0.3, 0.4) is 0 Å². The van der Waals surface area contributed by atoms with E-state index in [2.05, 4.69) is 93.3 Å². The molecule has 0 aromatic rings. The number of aliphatic hydroxyl groups excluding tert-OH is 1. The van der Waals surface area contributed by atoms with Gasteiger partial charge in [0.2, 0.25) is 5.91 Å². The second-order valence-electron chi connectivity index (χ2n) is 48.0. The van der Waals surface area contributed by atoms with Crippen LogP contribution in [0.15, 0.2) is 0 Å². The van der Waals surface area contributed by atoms with Gasteiger partial charge in [0.15, 0.2) is 17.3 Å². The van der Waals surface area contributed by atoms with Gasteiger partial charge in [-0.05, 0) is 106 Å². The molecule has 0 aliphatic carbocycles. The number of carbonyl (C=O) groups excluding carboxylic acids is 9. The normalized spacial score (nSPS) is 14.9. The van der Waals surface area contributed by atoms with Crippen molar-refractivity contribution >= 4 is 52.4 Å². The van der Waals surface area contributed by atoms with E-state index in [0.29, 0.717) is 55.7 Å². The third-order valence-electron chi connectivity index (χ3n) is 16.7. The number of carbonyl (C=O) groups is 9. The summed E-state index contributed by atoms with van der Waals surface area (Å²) >= 11 is 0. The first-order chi connectivity index (χ1) is 45.8. The topological polar surface area (TPSA) is 254 Å². The third kappa shape index (κ3) is 65.7. The summed E-state index contributed by atoms with van der Waals surface area (Å²) < 4.78 is 5.13. The predicted molar refractivity (Wildman–Crippen MR) is 460 cm³/mol. The van der Waals surface area contributed by atoms with Gasteiger partial charge in [-0.2, -0.15) is 0 Å². The first-order valence-corrected chi connectivity index (χ1v) is 39.5. The molecule has 0 spiro atoms. The van der Waals surface area contributed by atoms with E-state index in [1.54, 1.807) is 0 Å². The number of hydrogen-bond donors (Lipinski definition) is 4. The van der Waals surface area contributed by atoms with Crippen LogP contribution >= 0.6 is 0 Å². The zero-order valence-corrected chi connectivity index (χ0v) is 81.0. The van der Waals surface area contributed by atoms with Gasteiger partial charge in [-0.3, -0.25) is 48.1 Å². The number of amides is 1. The first kappa shape index (κ1) is 119. The van der Waals surface area contributed by atoms with Gasteiger partial charge in [-0.1, -0.05) is 312 Å². The summed E-state index contributed by atoms with van der Waals surface area (Å²) in [7, 11) is 8.07. The van der Waals surface area contributed by atoms with Crippen molar-refractivity contribution in [3.05, 3.63) is 0 Å². The largest absolute Gasteiger partial charge is 0.465 e. The Morgan fingerprint density at radius 3 is 0.860 bits per heavy atom. The Morgan fingerprint density at radius 1 is 0.346 bits per heavy atom. The molecule has 1 amide bonds. The lowest BCUT2D eigenvalue weighted by Gasteiger charge is -2.37. The summed E-state index contributed by atoms with van der Waals surface area (Å²) in [6.07, 6.45) is 2.89. The molecular formula is C91H185N5O11. The van der Waals surface area contributed by atoms with E-state index in [0.717, 1.165) is 12.8 Å². The Balaban J connectivity index is -0.000000175. The van der Waals surface area contributed by atoms with Crippen LogP contribution in [0.5, 0.6) is 0 Å². The maximum Gasteiger partial charge on any atom is 0.311 e.